The fourth-order valence-electron chi connectivity index (χ4n) is 3.39. The van der Waals surface area contributed by atoms with Crippen LogP contribution in [-0.4, -0.2) is 5.11 Å². The van der Waals surface area contributed by atoms with Crippen molar-refractivity contribution in [2.45, 2.75) is 58.0 Å². The number of hydrogen-bond acceptors (Lipinski definition) is 1. The number of terminal acetylenes is 1. The molecule has 0 aromatic heterocycles. The van der Waals surface area contributed by atoms with Gasteiger partial charge >= 0.3 is 0 Å². The average molecular weight is 318 g/mol. The highest BCUT2D eigenvalue weighted by Crippen LogP contribution is 2.49. The van der Waals surface area contributed by atoms with Crippen molar-refractivity contribution in [3.8, 4) is 23.5 Å². The van der Waals surface area contributed by atoms with E-state index >= 15 is 0 Å². The third-order valence-electron chi connectivity index (χ3n) is 5.05. The second kappa shape index (κ2) is 4.98. The minimum absolute atomic E-state index is 0.00980. The van der Waals surface area contributed by atoms with E-state index in [4.69, 9.17) is 6.42 Å². The fourth-order valence-corrected chi connectivity index (χ4v) is 3.39. The van der Waals surface area contributed by atoms with Crippen molar-refractivity contribution in [3.63, 3.8) is 0 Å². The lowest BCUT2D eigenvalue weighted by Gasteiger charge is -2.25. The summed E-state index contributed by atoms with van der Waals surface area (Å²) in [7, 11) is 0. The van der Waals surface area contributed by atoms with Crippen LogP contribution < -0.4 is 0 Å². The maximum Gasteiger partial charge on any atom is 0.177 e. The molecular formula is C23H26O. The molecule has 0 atom stereocenters. The Bertz CT molecular complexity index is 788. The van der Waals surface area contributed by atoms with Crippen LogP contribution in [0.15, 0.2) is 36.4 Å². The van der Waals surface area contributed by atoms with Gasteiger partial charge < -0.3 is 5.11 Å². The molecule has 0 aliphatic heterocycles. The summed E-state index contributed by atoms with van der Waals surface area (Å²) in [5.74, 6) is 2.67. The Labute approximate surface area is 145 Å². The van der Waals surface area contributed by atoms with Crippen LogP contribution in [0.3, 0.4) is 0 Å². The van der Waals surface area contributed by atoms with Crippen LogP contribution in [0.2, 0.25) is 0 Å². The summed E-state index contributed by atoms with van der Waals surface area (Å²) in [6.07, 6.45) is 5.82. The van der Waals surface area contributed by atoms with Crippen LogP contribution in [-0.2, 0) is 16.4 Å². The molecule has 124 valence electrons. The number of rotatable bonds is 0. The monoisotopic (exact) mass is 318 g/mol. The van der Waals surface area contributed by atoms with E-state index in [9.17, 15) is 5.11 Å². The van der Waals surface area contributed by atoms with Gasteiger partial charge in [-0.15, -0.1) is 6.42 Å². The van der Waals surface area contributed by atoms with E-state index in [-0.39, 0.29) is 10.8 Å². The number of benzene rings is 2. The van der Waals surface area contributed by atoms with Gasteiger partial charge in [0.1, 0.15) is 0 Å². The van der Waals surface area contributed by atoms with E-state index in [1.807, 2.05) is 0 Å². The van der Waals surface area contributed by atoms with Gasteiger partial charge in [0.2, 0.25) is 0 Å². The van der Waals surface area contributed by atoms with Crippen molar-refractivity contribution >= 4 is 0 Å². The molecule has 1 aliphatic rings. The molecule has 0 fully saturated rings. The van der Waals surface area contributed by atoms with Crippen LogP contribution in [0.25, 0.3) is 11.1 Å². The molecule has 0 saturated heterocycles. The molecule has 0 amide bonds. The van der Waals surface area contributed by atoms with Gasteiger partial charge in [-0.2, -0.15) is 0 Å². The number of aliphatic hydroxyl groups is 1. The first kappa shape index (κ1) is 16.8. The highest BCUT2D eigenvalue weighted by Gasteiger charge is 2.41. The Morgan fingerprint density at radius 3 is 1.46 bits per heavy atom. The van der Waals surface area contributed by atoms with E-state index in [1.54, 1.807) is 0 Å². The topological polar surface area (TPSA) is 20.2 Å². The van der Waals surface area contributed by atoms with Gasteiger partial charge in [0.15, 0.2) is 5.60 Å². The molecule has 1 nitrogen and oxygen atoms in total. The highest BCUT2D eigenvalue weighted by atomic mass is 16.3. The first-order chi connectivity index (χ1) is 11.0. The van der Waals surface area contributed by atoms with Gasteiger partial charge in [0.25, 0.3) is 0 Å². The number of fused-ring (bicyclic) bond motifs is 3. The lowest BCUT2D eigenvalue weighted by molar-refractivity contribution is 0.150. The predicted octanol–water partition coefficient (Wildman–Crippen LogP) is 5.13. The molecule has 2 aromatic rings. The molecule has 0 radical (unpaired) electrons. The SMILES string of the molecule is C#CC1(O)c2cc(C(C)(C)C)ccc2-c2ccc(C(C)(C)C)cc21. The van der Waals surface area contributed by atoms with Gasteiger partial charge in [-0.3, -0.25) is 0 Å². The predicted molar refractivity (Wildman–Crippen MR) is 101 cm³/mol. The van der Waals surface area contributed by atoms with Crippen LogP contribution in [0.4, 0.5) is 0 Å². The van der Waals surface area contributed by atoms with Crippen molar-refractivity contribution in [2.75, 3.05) is 0 Å². The third kappa shape index (κ3) is 2.38. The van der Waals surface area contributed by atoms with Crippen LogP contribution in [0, 0.1) is 12.3 Å². The Morgan fingerprint density at radius 2 is 1.17 bits per heavy atom. The zero-order valence-electron chi connectivity index (χ0n) is 15.5. The minimum Gasteiger partial charge on any atom is -0.369 e. The van der Waals surface area contributed by atoms with Crippen molar-refractivity contribution in [1.29, 1.82) is 0 Å². The molecule has 0 heterocycles. The van der Waals surface area contributed by atoms with E-state index < -0.39 is 5.60 Å². The van der Waals surface area contributed by atoms with E-state index in [0.29, 0.717) is 0 Å². The molecule has 24 heavy (non-hydrogen) atoms. The summed E-state index contributed by atoms with van der Waals surface area (Å²) >= 11 is 0. The summed E-state index contributed by atoms with van der Waals surface area (Å²) in [5, 5.41) is 11.3. The van der Waals surface area contributed by atoms with Crippen LogP contribution >= 0.6 is 0 Å². The van der Waals surface area contributed by atoms with E-state index in [2.05, 4.69) is 83.9 Å². The second-order valence-electron chi connectivity index (χ2n) is 8.88. The fraction of sp³-hybridized carbons (Fsp3) is 0.391. The maximum absolute atomic E-state index is 11.3. The van der Waals surface area contributed by atoms with Crippen LogP contribution in [0.5, 0.6) is 0 Å². The third-order valence-corrected chi connectivity index (χ3v) is 5.05. The maximum atomic E-state index is 11.3. The van der Waals surface area contributed by atoms with Crippen molar-refractivity contribution in [3.05, 3.63) is 58.7 Å². The smallest absolute Gasteiger partial charge is 0.177 e. The highest BCUT2D eigenvalue weighted by molar-refractivity contribution is 5.82. The van der Waals surface area contributed by atoms with E-state index in [0.717, 1.165) is 22.3 Å². The Hall–Kier alpha value is -2.04. The first-order valence-electron chi connectivity index (χ1n) is 8.49. The summed E-state index contributed by atoms with van der Waals surface area (Å²) in [4.78, 5) is 0. The molecule has 1 aliphatic carbocycles. The van der Waals surface area contributed by atoms with Gasteiger partial charge in [-0.1, -0.05) is 83.9 Å². The summed E-state index contributed by atoms with van der Waals surface area (Å²) in [5.41, 5.74) is 4.77. The average Bonchev–Trinajstić information content (AvgIpc) is 2.75. The molecule has 1 N–H and O–H groups in total. The molecule has 0 spiro atoms. The molecular weight excluding hydrogens is 292 g/mol. The number of hydrogen-bond donors (Lipinski definition) is 1. The molecule has 0 unspecified atom stereocenters. The minimum atomic E-state index is -1.35. The quantitative estimate of drug-likeness (QED) is 0.668. The largest absolute Gasteiger partial charge is 0.369 e. The standard InChI is InChI=1S/C23H26O/c1-8-23(24)19-13-15(21(2,3)4)9-11-17(19)18-12-10-16(14-20(18)23)22(5,6)7/h1,9-14,24H,2-7H3. The van der Waals surface area contributed by atoms with Crippen LogP contribution in [0.1, 0.15) is 63.8 Å². The lowest BCUT2D eigenvalue weighted by Crippen LogP contribution is -2.24. The summed E-state index contributed by atoms with van der Waals surface area (Å²) in [6, 6.07) is 12.6. The van der Waals surface area contributed by atoms with Crippen molar-refractivity contribution in [2.24, 2.45) is 0 Å². The van der Waals surface area contributed by atoms with Gasteiger partial charge in [0, 0.05) is 11.1 Å². The first-order valence-corrected chi connectivity index (χ1v) is 8.49. The lowest BCUT2D eigenvalue weighted by atomic mass is 9.82. The molecule has 0 bridgehead atoms. The van der Waals surface area contributed by atoms with E-state index in [1.165, 1.54) is 11.1 Å². The normalized spacial score (nSPS) is 15.6. The van der Waals surface area contributed by atoms with Gasteiger partial charge in [-0.25, -0.2) is 0 Å². The second-order valence-corrected chi connectivity index (χ2v) is 8.88. The zero-order valence-corrected chi connectivity index (χ0v) is 15.5. The molecule has 0 saturated carbocycles. The Balaban J connectivity index is 2.28. The molecule has 1 heteroatoms. The van der Waals surface area contributed by atoms with Crippen molar-refractivity contribution < 1.29 is 5.11 Å². The Kier molecular flexibility index (Phi) is 3.49. The summed E-state index contributed by atoms with van der Waals surface area (Å²) < 4.78 is 0. The molecule has 2 aromatic carbocycles. The zero-order chi connectivity index (χ0) is 17.9. The summed E-state index contributed by atoms with van der Waals surface area (Å²) in [6.45, 7) is 13.0. The van der Waals surface area contributed by atoms with Gasteiger partial charge in [0.05, 0.1) is 0 Å². The van der Waals surface area contributed by atoms with Crippen molar-refractivity contribution in [1.82, 2.24) is 0 Å². The Morgan fingerprint density at radius 1 is 0.792 bits per heavy atom. The molecule has 3 rings (SSSR count). The van der Waals surface area contributed by atoms with Gasteiger partial charge in [-0.05, 0) is 33.1 Å².